The van der Waals surface area contributed by atoms with Gasteiger partial charge in [-0.3, -0.25) is 0 Å². The van der Waals surface area contributed by atoms with Gasteiger partial charge in [0.2, 0.25) is 5.92 Å². The van der Waals surface area contributed by atoms with E-state index in [0.29, 0.717) is 19.4 Å². The first-order valence-electron chi connectivity index (χ1n) is 5.21. The topological polar surface area (TPSA) is 56.7 Å². The summed E-state index contributed by atoms with van der Waals surface area (Å²) in [6, 6.07) is 0.0410. The zero-order valence-electron chi connectivity index (χ0n) is 8.67. The Morgan fingerprint density at radius 1 is 1.44 bits per heavy atom. The van der Waals surface area contributed by atoms with E-state index in [0.717, 1.165) is 9.39 Å². The maximum absolute atomic E-state index is 13.0. The van der Waals surface area contributed by atoms with Crippen molar-refractivity contribution in [2.75, 3.05) is 0 Å². The number of alkyl halides is 2. The van der Waals surface area contributed by atoms with Gasteiger partial charge >= 0.3 is 0 Å². The summed E-state index contributed by atoms with van der Waals surface area (Å²) in [7, 11) is 0. The Bertz CT molecular complexity index is 370. The van der Waals surface area contributed by atoms with Gasteiger partial charge in [0.05, 0.1) is 6.04 Å². The van der Waals surface area contributed by atoms with E-state index in [1.807, 2.05) is 0 Å². The number of aromatic nitrogens is 3. The van der Waals surface area contributed by atoms with Crippen LogP contribution in [0.5, 0.6) is 0 Å². The predicted octanol–water partition coefficient (Wildman–Crippen LogP) is 2.09. The van der Waals surface area contributed by atoms with Crippen LogP contribution in [0.25, 0.3) is 0 Å². The molecule has 0 bridgehead atoms. The molecular weight excluding hydrogens is 329 g/mol. The van der Waals surface area contributed by atoms with Gasteiger partial charge in [0.25, 0.3) is 0 Å². The van der Waals surface area contributed by atoms with E-state index in [4.69, 9.17) is 5.73 Å². The summed E-state index contributed by atoms with van der Waals surface area (Å²) in [6.45, 7) is 0.334. The van der Waals surface area contributed by atoms with Gasteiger partial charge in [0, 0.05) is 19.4 Å². The molecule has 1 fully saturated rings. The first-order chi connectivity index (χ1) is 7.53. The molecule has 0 aliphatic heterocycles. The van der Waals surface area contributed by atoms with E-state index in [-0.39, 0.29) is 18.9 Å². The Morgan fingerprint density at radius 2 is 2.06 bits per heavy atom. The van der Waals surface area contributed by atoms with Gasteiger partial charge in [0.15, 0.2) is 0 Å². The molecule has 2 rings (SSSR count). The van der Waals surface area contributed by atoms with Crippen molar-refractivity contribution in [1.82, 2.24) is 15.0 Å². The van der Waals surface area contributed by atoms with E-state index in [2.05, 4.69) is 32.9 Å². The van der Waals surface area contributed by atoms with Crippen molar-refractivity contribution in [3.05, 3.63) is 9.39 Å². The lowest BCUT2D eigenvalue weighted by molar-refractivity contribution is -0.0453. The first-order valence-corrected chi connectivity index (χ1v) is 6.29. The van der Waals surface area contributed by atoms with Crippen LogP contribution in [0.3, 0.4) is 0 Å². The zero-order valence-corrected chi connectivity index (χ0v) is 10.8. The monoisotopic (exact) mass is 342 g/mol. The van der Waals surface area contributed by atoms with E-state index in [9.17, 15) is 8.78 Å². The molecule has 1 heterocycles. The minimum absolute atomic E-state index is 0.0410. The van der Waals surface area contributed by atoms with Gasteiger partial charge in [-0.2, -0.15) is 0 Å². The lowest BCUT2D eigenvalue weighted by Crippen LogP contribution is -2.27. The van der Waals surface area contributed by atoms with Crippen LogP contribution >= 0.6 is 22.6 Å². The summed E-state index contributed by atoms with van der Waals surface area (Å²) in [5, 5.41) is 7.93. The maximum atomic E-state index is 13.0. The van der Waals surface area contributed by atoms with Gasteiger partial charge in [-0.25, -0.2) is 13.5 Å². The Morgan fingerprint density at radius 3 is 2.56 bits per heavy atom. The third-order valence-corrected chi connectivity index (χ3v) is 4.04. The molecule has 90 valence electrons. The molecule has 0 spiro atoms. The highest BCUT2D eigenvalue weighted by molar-refractivity contribution is 14.1. The molecule has 2 N–H and O–H groups in total. The molecular formula is C9H13F2IN4. The van der Waals surface area contributed by atoms with Gasteiger partial charge in [-0.1, -0.05) is 5.21 Å². The SMILES string of the molecule is NCc1nnn(C2CCC(F)(F)CC2)c1I. The summed E-state index contributed by atoms with van der Waals surface area (Å²) in [5.41, 5.74) is 6.23. The van der Waals surface area contributed by atoms with Crippen molar-refractivity contribution >= 4 is 22.6 Å². The fraction of sp³-hybridized carbons (Fsp3) is 0.778. The predicted molar refractivity (Wildman–Crippen MR) is 63.1 cm³/mol. The number of nitrogens with two attached hydrogens (primary N) is 1. The summed E-state index contributed by atoms with van der Waals surface area (Å²) in [5.74, 6) is -2.50. The molecule has 0 atom stereocenters. The molecule has 7 heteroatoms. The Hall–Kier alpha value is -0.310. The van der Waals surface area contributed by atoms with Crippen molar-refractivity contribution in [2.24, 2.45) is 5.73 Å². The second kappa shape index (κ2) is 4.52. The lowest BCUT2D eigenvalue weighted by Gasteiger charge is -2.28. The average molecular weight is 342 g/mol. The Balaban J connectivity index is 2.11. The number of rotatable bonds is 2. The highest BCUT2D eigenvalue weighted by Crippen LogP contribution is 2.38. The van der Waals surface area contributed by atoms with Crippen molar-refractivity contribution in [3.8, 4) is 0 Å². The zero-order chi connectivity index (χ0) is 11.8. The van der Waals surface area contributed by atoms with Gasteiger partial charge in [0.1, 0.15) is 9.39 Å². The van der Waals surface area contributed by atoms with E-state index < -0.39 is 5.92 Å². The van der Waals surface area contributed by atoms with Crippen LogP contribution < -0.4 is 5.73 Å². The molecule has 0 saturated heterocycles. The second-order valence-electron chi connectivity index (χ2n) is 4.06. The van der Waals surface area contributed by atoms with Crippen LogP contribution in [-0.4, -0.2) is 20.9 Å². The molecule has 1 aliphatic carbocycles. The summed E-state index contributed by atoms with van der Waals surface area (Å²) < 4.78 is 28.6. The van der Waals surface area contributed by atoms with E-state index in [1.165, 1.54) is 0 Å². The standard InChI is InChI=1S/C9H13F2IN4/c10-9(11)3-1-6(2-4-9)16-8(12)7(5-13)14-15-16/h6H,1-5,13H2. The molecule has 4 nitrogen and oxygen atoms in total. The van der Waals surface area contributed by atoms with Crippen molar-refractivity contribution in [3.63, 3.8) is 0 Å². The van der Waals surface area contributed by atoms with Gasteiger partial charge < -0.3 is 5.73 Å². The fourth-order valence-electron chi connectivity index (χ4n) is 1.94. The molecule has 1 saturated carbocycles. The quantitative estimate of drug-likeness (QED) is 0.838. The van der Waals surface area contributed by atoms with Crippen LogP contribution in [0.2, 0.25) is 0 Å². The van der Waals surface area contributed by atoms with Crippen molar-refractivity contribution in [2.45, 2.75) is 44.2 Å². The first kappa shape index (κ1) is 12.2. The number of hydrogen-bond donors (Lipinski definition) is 1. The summed E-state index contributed by atoms with van der Waals surface area (Å²) in [4.78, 5) is 0. The minimum Gasteiger partial charge on any atom is -0.325 e. The number of halogens is 3. The average Bonchev–Trinajstić information content (AvgIpc) is 2.60. The highest BCUT2D eigenvalue weighted by Gasteiger charge is 2.36. The maximum Gasteiger partial charge on any atom is 0.248 e. The molecule has 1 aliphatic rings. The van der Waals surface area contributed by atoms with E-state index >= 15 is 0 Å². The van der Waals surface area contributed by atoms with Crippen LogP contribution in [0, 0.1) is 3.70 Å². The molecule has 0 radical (unpaired) electrons. The largest absolute Gasteiger partial charge is 0.325 e. The number of nitrogens with zero attached hydrogens (tertiary/aromatic N) is 3. The van der Waals surface area contributed by atoms with Crippen LogP contribution in [-0.2, 0) is 6.54 Å². The summed E-state index contributed by atoms with van der Waals surface area (Å²) >= 11 is 2.12. The molecule has 1 aromatic heterocycles. The Labute approximate surface area is 106 Å². The smallest absolute Gasteiger partial charge is 0.248 e. The molecule has 0 amide bonds. The van der Waals surface area contributed by atoms with Crippen LogP contribution in [0.15, 0.2) is 0 Å². The summed E-state index contributed by atoms with van der Waals surface area (Å²) in [6.07, 6.45) is 0.782. The molecule has 16 heavy (non-hydrogen) atoms. The minimum atomic E-state index is -2.50. The second-order valence-corrected chi connectivity index (χ2v) is 5.08. The van der Waals surface area contributed by atoms with Crippen molar-refractivity contribution < 1.29 is 8.78 Å². The van der Waals surface area contributed by atoms with E-state index in [1.54, 1.807) is 4.68 Å². The van der Waals surface area contributed by atoms with Crippen LogP contribution in [0.4, 0.5) is 8.78 Å². The third kappa shape index (κ3) is 2.34. The van der Waals surface area contributed by atoms with Crippen molar-refractivity contribution in [1.29, 1.82) is 0 Å². The van der Waals surface area contributed by atoms with Crippen LogP contribution in [0.1, 0.15) is 37.4 Å². The Kier molecular flexibility index (Phi) is 3.43. The lowest BCUT2D eigenvalue weighted by atomic mass is 9.92. The van der Waals surface area contributed by atoms with Gasteiger partial charge in [-0.15, -0.1) is 5.10 Å². The number of hydrogen-bond acceptors (Lipinski definition) is 3. The third-order valence-electron chi connectivity index (χ3n) is 2.93. The molecule has 0 unspecified atom stereocenters. The normalized spacial score (nSPS) is 21.2. The highest BCUT2D eigenvalue weighted by atomic mass is 127. The molecule has 0 aromatic carbocycles. The molecule has 1 aromatic rings. The fourth-order valence-corrected chi connectivity index (χ4v) is 2.76. The van der Waals surface area contributed by atoms with Gasteiger partial charge in [-0.05, 0) is 35.4 Å².